The first-order valence-corrected chi connectivity index (χ1v) is 16.6. The number of aromatic amines is 2. The Morgan fingerprint density at radius 3 is 2.12 bits per heavy atom. The Bertz CT molecular complexity index is 2100. The molecule has 0 radical (unpaired) electrons. The van der Waals surface area contributed by atoms with Crippen LogP contribution in [-0.4, -0.2) is 61.8 Å². The highest BCUT2D eigenvalue weighted by atomic mass is 16.5. The lowest BCUT2D eigenvalue weighted by atomic mass is 10.0. The summed E-state index contributed by atoms with van der Waals surface area (Å²) >= 11 is 0. The summed E-state index contributed by atoms with van der Waals surface area (Å²) in [5.41, 5.74) is 5.13. The fraction of sp³-hybridized carbons (Fsp3) is 0.231. The molecule has 3 atom stereocenters. The maximum Gasteiger partial charge on any atom is 0.242 e. The number of aliphatic hydroxyl groups is 1. The van der Waals surface area contributed by atoms with Crippen molar-refractivity contribution >= 4 is 33.9 Å². The Labute approximate surface area is 290 Å². The van der Waals surface area contributed by atoms with Gasteiger partial charge in [-0.2, -0.15) is 0 Å². The average Bonchev–Trinajstić information content (AvgIpc) is 3.85. The fourth-order valence-corrected chi connectivity index (χ4v) is 6.25. The van der Waals surface area contributed by atoms with Gasteiger partial charge in [0.1, 0.15) is 18.5 Å². The number of ether oxygens (including phenoxy) is 1. The lowest BCUT2D eigenvalue weighted by Gasteiger charge is -2.24. The van der Waals surface area contributed by atoms with E-state index >= 15 is 0 Å². The Morgan fingerprint density at radius 2 is 1.52 bits per heavy atom. The standard InChI is InChI=1S/C39H42N8O3/c1-4-5-10-19-40-24-37(49)44-36(21-29-23-42-34-14-9-7-12-32(29)34)39-46-45-38(47(39)25-27-15-17-30(50-3)18-16-27)35(43-26(2)48)20-28-22-41-33-13-8-6-11-31(28)33/h4-19,22-23,26,35-36,41-43,48H,1,20-21,24-25H2,2-3H3,(H,44,49)/b10-5-,40-19-/t26?,35-,36-/m1/s1. The van der Waals surface area contributed by atoms with E-state index in [1.54, 1.807) is 38.5 Å². The van der Waals surface area contributed by atoms with Gasteiger partial charge in [-0.25, -0.2) is 0 Å². The van der Waals surface area contributed by atoms with Crippen LogP contribution in [0.1, 0.15) is 47.3 Å². The Balaban J connectivity index is 1.43. The van der Waals surface area contributed by atoms with E-state index in [0.29, 0.717) is 31.0 Å². The van der Waals surface area contributed by atoms with Gasteiger partial charge < -0.3 is 29.7 Å². The summed E-state index contributed by atoms with van der Waals surface area (Å²) in [5.74, 6) is 1.71. The minimum Gasteiger partial charge on any atom is -0.497 e. The molecular weight excluding hydrogens is 628 g/mol. The number of amides is 1. The first-order chi connectivity index (χ1) is 24.4. The van der Waals surface area contributed by atoms with Gasteiger partial charge in [-0.1, -0.05) is 67.3 Å². The number of methoxy groups -OCH3 is 1. The van der Waals surface area contributed by atoms with E-state index in [9.17, 15) is 9.90 Å². The predicted molar refractivity (Wildman–Crippen MR) is 197 cm³/mol. The number of benzene rings is 3. The molecule has 0 saturated carbocycles. The van der Waals surface area contributed by atoms with E-state index in [4.69, 9.17) is 14.9 Å². The van der Waals surface area contributed by atoms with E-state index in [1.807, 2.05) is 77.6 Å². The summed E-state index contributed by atoms with van der Waals surface area (Å²) in [7, 11) is 1.64. The molecule has 0 aliphatic heterocycles. The second kappa shape index (κ2) is 16.1. The number of nitrogens with zero attached hydrogens (tertiary/aromatic N) is 4. The molecular formula is C39H42N8O3. The summed E-state index contributed by atoms with van der Waals surface area (Å²) < 4.78 is 7.46. The highest BCUT2D eigenvalue weighted by molar-refractivity contribution is 5.84. The Kier molecular flexibility index (Phi) is 11.0. The third kappa shape index (κ3) is 8.08. The van der Waals surface area contributed by atoms with Crippen molar-refractivity contribution in [3.05, 3.63) is 138 Å². The van der Waals surface area contributed by atoms with Crippen molar-refractivity contribution < 1.29 is 14.6 Å². The number of carbonyl (C=O) groups excluding carboxylic acids is 1. The van der Waals surface area contributed by atoms with E-state index < -0.39 is 18.3 Å². The Hall–Kier alpha value is -5.78. The second-order valence-corrected chi connectivity index (χ2v) is 12.1. The summed E-state index contributed by atoms with van der Waals surface area (Å²) in [6.07, 6.45) is 10.8. The molecule has 3 aromatic heterocycles. The topological polar surface area (TPSA) is 145 Å². The third-order valence-corrected chi connectivity index (χ3v) is 8.58. The first kappa shape index (κ1) is 34.1. The molecule has 0 saturated heterocycles. The summed E-state index contributed by atoms with van der Waals surface area (Å²) in [4.78, 5) is 24.4. The third-order valence-electron chi connectivity index (χ3n) is 8.58. The molecule has 1 amide bonds. The molecule has 0 aliphatic rings. The van der Waals surface area contributed by atoms with Gasteiger partial charge in [0.15, 0.2) is 11.6 Å². The summed E-state index contributed by atoms with van der Waals surface area (Å²) in [6.45, 7) is 5.71. The predicted octanol–water partition coefficient (Wildman–Crippen LogP) is 5.72. The normalized spacial score (nSPS) is 13.7. The SMILES string of the molecule is C=C/C=C\C=N/CC(=O)N[C@H](Cc1c[nH]c2ccccc12)c1nnc([C@@H](Cc2c[nH]c3ccccc23)NC(C)O)n1Cc1ccc(OC)cc1. The van der Waals surface area contributed by atoms with E-state index in [-0.39, 0.29) is 12.5 Å². The van der Waals surface area contributed by atoms with Crippen LogP contribution in [0.15, 0.2) is 115 Å². The zero-order chi connectivity index (χ0) is 34.9. The van der Waals surface area contributed by atoms with E-state index in [1.165, 1.54) is 0 Å². The van der Waals surface area contributed by atoms with Crippen LogP contribution in [0.3, 0.4) is 0 Å². The molecule has 0 bridgehead atoms. The molecule has 1 unspecified atom stereocenters. The van der Waals surface area contributed by atoms with Crippen LogP contribution in [0.5, 0.6) is 5.75 Å². The molecule has 11 nitrogen and oxygen atoms in total. The summed E-state index contributed by atoms with van der Waals surface area (Å²) in [6, 6.07) is 23.1. The Morgan fingerprint density at radius 1 is 0.920 bits per heavy atom. The zero-order valence-corrected chi connectivity index (χ0v) is 28.2. The van der Waals surface area contributed by atoms with Crippen molar-refractivity contribution in [3.63, 3.8) is 0 Å². The first-order valence-electron chi connectivity index (χ1n) is 16.6. The fourth-order valence-electron chi connectivity index (χ4n) is 6.25. The quantitative estimate of drug-likeness (QED) is 0.0506. The minimum absolute atomic E-state index is 0.0574. The van der Waals surface area contributed by atoms with E-state index in [2.05, 4.69) is 44.3 Å². The molecule has 3 heterocycles. The van der Waals surface area contributed by atoms with Crippen LogP contribution in [0.4, 0.5) is 0 Å². The minimum atomic E-state index is -0.825. The number of hydrogen-bond donors (Lipinski definition) is 5. The number of aliphatic imine (C=N–C) groups is 1. The van der Waals surface area contributed by atoms with Crippen molar-refractivity contribution in [1.29, 1.82) is 0 Å². The molecule has 3 aromatic carbocycles. The van der Waals surface area contributed by atoms with Crippen LogP contribution >= 0.6 is 0 Å². The highest BCUT2D eigenvalue weighted by Gasteiger charge is 2.29. The number of H-pyrrole nitrogens is 2. The molecule has 6 aromatic rings. The zero-order valence-electron chi connectivity index (χ0n) is 28.2. The monoisotopic (exact) mass is 670 g/mol. The maximum atomic E-state index is 13.4. The number of rotatable bonds is 16. The van der Waals surface area contributed by atoms with Gasteiger partial charge in [0, 0.05) is 46.8 Å². The number of aliphatic hydroxyl groups excluding tert-OH is 1. The van der Waals surface area contributed by atoms with E-state index in [0.717, 1.165) is 44.2 Å². The van der Waals surface area contributed by atoms with Crippen molar-refractivity contribution in [2.75, 3.05) is 13.7 Å². The van der Waals surface area contributed by atoms with Crippen LogP contribution in [-0.2, 0) is 24.2 Å². The van der Waals surface area contributed by atoms with Crippen LogP contribution < -0.4 is 15.4 Å². The molecule has 0 spiro atoms. The van der Waals surface area contributed by atoms with Gasteiger partial charge in [0.2, 0.25) is 5.91 Å². The highest BCUT2D eigenvalue weighted by Crippen LogP contribution is 2.29. The molecule has 256 valence electrons. The largest absolute Gasteiger partial charge is 0.497 e. The van der Waals surface area contributed by atoms with Gasteiger partial charge in [-0.05, 0) is 60.4 Å². The lowest BCUT2D eigenvalue weighted by molar-refractivity contribution is -0.120. The number of hydrogen-bond acceptors (Lipinski definition) is 7. The smallest absolute Gasteiger partial charge is 0.242 e. The molecule has 0 aliphatic carbocycles. The molecule has 6 rings (SSSR count). The van der Waals surface area contributed by atoms with Gasteiger partial charge >= 0.3 is 0 Å². The number of aromatic nitrogens is 5. The number of nitrogens with one attached hydrogen (secondary N) is 4. The summed E-state index contributed by atoms with van der Waals surface area (Å²) in [5, 5.41) is 28.9. The van der Waals surface area contributed by atoms with Crippen molar-refractivity contribution in [2.24, 2.45) is 4.99 Å². The number of fused-ring (bicyclic) bond motifs is 2. The van der Waals surface area contributed by atoms with Crippen molar-refractivity contribution in [1.82, 2.24) is 35.4 Å². The average molecular weight is 671 g/mol. The molecule has 50 heavy (non-hydrogen) atoms. The number of para-hydroxylation sites is 2. The van der Waals surface area contributed by atoms with Gasteiger partial charge in [-0.3, -0.25) is 15.1 Å². The molecule has 0 fully saturated rings. The van der Waals surface area contributed by atoms with Crippen molar-refractivity contribution in [3.8, 4) is 5.75 Å². The van der Waals surface area contributed by atoms with Crippen LogP contribution in [0.25, 0.3) is 21.8 Å². The lowest BCUT2D eigenvalue weighted by Crippen LogP contribution is -2.35. The van der Waals surface area contributed by atoms with Crippen LogP contribution in [0.2, 0.25) is 0 Å². The number of carbonyl (C=O) groups is 1. The molecule has 5 N–H and O–H groups in total. The number of allylic oxidation sites excluding steroid dienone is 3. The van der Waals surface area contributed by atoms with Gasteiger partial charge in [-0.15, -0.1) is 10.2 Å². The van der Waals surface area contributed by atoms with Gasteiger partial charge in [0.05, 0.1) is 25.7 Å². The second-order valence-electron chi connectivity index (χ2n) is 12.1. The van der Waals surface area contributed by atoms with Crippen LogP contribution in [0, 0.1) is 0 Å². The molecule has 11 heteroatoms. The van der Waals surface area contributed by atoms with Crippen molar-refractivity contribution in [2.45, 2.75) is 44.6 Å². The maximum absolute atomic E-state index is 13.4. The van der Waals surface area contributed by atoms with Gasteiger partial charge in [0.25, 0.3) is 0 Å².